The molecule has 1 amide bonds. The van der Waals surface area contributed by atoms with Crippen LogP contribution in [0, 0.1) is 0 Å². The van der Waals surface area contributed by atoms with Gasteiger partial charge in [-0.25, -0.2) is 4.98 Å². The maximum Gasteiger partial charge on any atom is 0.305 e. The van der Waals surface area contributed by atoms with Crippen molar-refractivity contribution in [2.45, 2.75) is 32.2 Å². The Hall–Kier alpha value is -1.85. The Bertz CT molecular complexity index is 370. The number of amides is 1. The monoisotopic (exact) mass is 226 g/mol. The van der Waals surface area contributed by atoms with E-state index in [0.29, 0.717) is 5.89 Å². The van der Waals surface area contributed by atoms with E-state index in [1.807, 2.05) is 0 Å². The number of hydrogen-bond acceptors (Lipinski definition) is 4. The fourth-order valence-corrected chi connectivity index (χ4v) is 1.32. The molecule has 1 aromatic rings. The normalized spacial score (nSPS) is 11.1. The van der Waals surface area contributed by atoms with Crippen LogP contribution in [0.4, 0.5) is 0 Å². The van der Waals surface area contributed by atoms with E-state index in [9.17, 15) is 9.59 Å². The smallest absolute Gasteiger partial charge is 0.305 e. The molecule has 0 aliphatic heterocycles. The molecule has 0 fully saturated rings. The lowest BCUT2D eigenvalue weighted by Gasteiger charge is -2.23. The third-order valence-corrected chi connectivity index (χ3v) is 1.87. The second kappa shape index (κ2) is 4.78. The van der Waals surface area contributed by atoms with Crippen molar-refractivity contribution in [1.29, 1.82) is 0 Å². The van der Waals surface area contributed by atoms with E-state index in [4.69, 9.17) is 9.52 Å². The van der Waals surface area contributed by atoms with E-state index in [0.717, 1.165) is 0 Å². The van der Waals surface area contributed by atoms with Crippen molar-refractivity contribution in [3.05, 3.63) is 18.4 Å². The lowest BCUT2D eigenvalue weighted by Crippen LogP contribution is -2.45. The van der Waals surface area contributed by atoms with Gasteiger partial charge in [0, 0.05) is 5.54 Å². The largest absolute Gasteiger partial charge is 0.481 e. The van der Waals surface area contributed by atoms with E-state index in [1.165, 1.54) is 12.5 Å². The predicted molar refractivity (Wildman–Crippen MR) is 54.7 cm³/mol. The zero-order valence-electron chi connectivity index (χ0n) is 9.19. The van der Waals surface area contributed by atoms with Gasteiger partial charge in [-0.1, -0.05) is 0 Å². The topological polar surface area (TPSA) is 92.4 Å². The molecule has 0 aliphatic rings. The number of nitrogens with one attached hydrogen (secondary N) is 1. The first-order valence-corrected chi connectivity index (χ1v) is 4.80. The van der Waals surface area contributed by atoms with E-state index in [1.54, 1.807) is 13.8 Å². The lowest BCUT2D eigenvalue weighted by molar-refractivity contribution is -0.138. The first-order valence-electron chi connectivity index (χ1n) is 4.80. The minimum atomic E-state index is -0.957. The van der Waals surface area contributed by atoms with Crippen molar-refractivity contribution in [2.75, 3.05) is 0 Å². The molecule has 0 spiro atoms. The molecule has 0 saturated heterocycles. The Balaban J connectivity index is 2.47. The molecule has 1 heterocycles. The Morgan fingerprint density at radius 3 is 2.75 bits per heavy atom. The Morgan fingerprint density at radius 2 is 2.25 bits per heavy atom. The first kappa shape index (κ1) is 12.2. The Labute approximate surface area is 92.7 Å². The maximum atomic E-state index is 11.5. The van der Waals surface area contributed by atoms with Crippen LogP contribution in [0.1, 0.15) is 26.2 Å². The highest BCUT2D eigenvalue weighted by atomic mass is 16.4. The van der Waals surface area contributed by atoms with Gasteiger partial charge in [0.15, 0.2) is 0 Å². The van der Waals surface area contributed by atoms with E-state index in [2.05, 4.69) is 10.3 Å². The number of nitrogens with zero attached hydrogens (tertiary/aromatic N) is 1. The maximum absolute atomic E-state index is 11.5. The summed E-state index contributed by atoms with van der Waals surface area (Å²) in [6, 6.07) is 0. The molecule has 16 heavy (non-hydrogen) atoms. The highest BCUT2D eigenvalue weighted by Crippen LogP contribution is 2.08. The molecular formula is C10H14N2O4. The van der Waals surface area contributed by atoms with Crippen LogP contribution >= 0.6 is 0 Å². The minimum absolute atomic E-state index is 0.00997. The van der Waals surface area contributed by atoms with Crippen molar-refractivity contribution in [3.8, 4) is 0 Å². The van der Waals surface area contributed by atoms with Gasteiger partial charge >= 0.3 is 5.97 Å². The molecule has 2 N–H and O–H groups in total. The number of carbonyl (C=O) groups excluding carboxylic acids is 1. The fourth-order valence-electron chi connectivity index (χ4n) is 1.32. The van der Waals surface area contributed by atoms with Gasteiger partial charge in [0.1, 0.15) is 12.7 Å². The Kier molecular flexibility index (Phi) is 3.65. The van der Waals surface area contributed by atoms with Crippen LogP contribution in [0.5, 0.6) is 0 Å². The minimum Gasteiger partial charge on any atom is -0.481 e. The summed E-state index contributed by atoms with van der Waals surface area (Å²) in [5.74, 6) is -0.959. The summed E-state index contributed by atoms with van der Waals surface area (Å²) >= 11 is 0. The molecule has 0 radical (unpaired) electrons. The molecule has 0 aromatic carbocycles. The van der Waals surface area contributed by atoms with Crippen LogP contribution in [0.25, 0.3) is 0 Å². The van der Waals surface area contributed by atoms with Gasteiger partial charge in [-0.3, -0.25) is 9.59 Å². The van der Waals surface area contributed by atoms with E-state index < -0.39 is 11.5 Å². The van der Waals surface area contributed by atoms with E-state index >= 15 is 0 Å². The standard InChI is InChI=1S/C10H14N2O4/c1-10(2,6-9(14)15)12-7(13)5-8-11-3-4-16-8/h3-4H,5-6H2,1-2H3,(H,12,13)(H,14,15). The van der Waals surface area contributed by atoms with Crippen molar-refractivity contribution in [3.63, 3.8) is 0 Å². The van der Waals surface area contributed by atoms with Gasteiger partial charge in [-0.05, 0) is 13.8 Å². The summed E-state index contributed by atoms with van der Waals surface area (Å²) in [4.78, 5) is 25.8. The van der Waals surface area contributed by atoms with Crippen molar-refractivity contribution in [2.24, 2.45) is 0 Å². The Morgan fingerprint density at radius 1 is 1.56 bits per heavy atom. The molecule has 0 saturated carbocycles. The molecule has 1 aromatic heterocycles. The SMILES string of the molecule is CC(C)(CC(=O)O)NC(=O)Cc1ncco1. The molecular weight excluding hydrogens is 212 g/mol. The zero-order chi connectivity index (χ0) is 12.2. The summed E-state index contributed by atoms with van der Waals surface area (Å²) < 4.78 is 4.91. The number of oxazole rings is 1. The van der Waals surface area contributed by atoms with Gasteiger partial charge in [-0.2, -0.15) is 0 Å². The fraction of sp³-hybridized carbons (Fsp3) is 0.500. The number of carboxylic acid groups (broad SMARTS) is 1. The van der Waals surface area contributed by atoms with Crippen molar-refractivity contribution >= 4 is 11.9 Å². The third-order valence-electron chi connectivity index (χ3n) is 1.87. The molecule has 0 bridgehead atoms. The number of hydrogen-bond donors (Lipinski definition) is 2. The number of rotatable bonds is 5. The lowest BCUT2D eigenvalue weighted by atomic mass is 10.0. The highest BCUT2D eigenvalue weighted by molar-refractivity contribution is 5.79. The summed E-state index contributed by atoms with van der Waals surface area (Å²) in [7, 11) is 0. The summed E-state index contributed by atoms with van der Waals surface area (Å²) in [5, 5.41) is 11.2. The van der Waals surface area contributed by atoms with Crippen LogP contribution in [0.15, 0.2) is 16.9 Å². The predicted octanol–water partition coefficient (Wildman–Crippen LogP) is 0.587. The summed E-state index contributed by atoms with van der Waals surface area (Å²) in [6.45, 7) is 3.29. The summed E-state index contributed by atoms with van der Waals surface area (Å²) in [5.41, 5.74) is -0.782. The summed E-state index contributed by atoms with van der Waals surface area (Å²) in [6.07, 6.45) is 2.70. The van der Waals surface area contributed by atoms with Gasteiger partial charge in [-0.15, -0.1) is 0 Å². The van der Waals surface area contributed by atoms with Crippen LogP contribution in [-0.2, 0) is 16.0 Å². The first-order chi connectivity index (χ1) is 7.39. The molecule has 0 aliphatic carbocycles. The highest BCUT2D eigenvalue weighted by Gasteiger charge is 2.24. The molecule has 6 heteroatoms. The van der Waals surface area contributed by atoms with Crippen LogP contribution in [0.3, 0.4) is 0 Å². The zero-order valence-corrected chi connectivity index (χ0v) is 9.19. The number of carboxylic acids is 1. The molecule has 0 atom stereocenters. The average Bonchev–Trinajstić information content (AvgIpc) is 2.51. The second-order valence-corrected chi connectivity index (χ2v) is 4.11. The average molecular weight is 226 g/mol. The molecule has 88 valence electrons. The van der Waals surface area contributed by atoms with Crippen LogP contribution in [-0.4, -0.2) is 27.5 Å². The second-order valence-electron chi connectivity index (χ2n) is 4.11. The molecule has 1 rings (SSSR count). The van der Waals surface area contributed by atoms with Crippen molar-refractivity contribution < 1.29 is 19.1 Å². The third kappa shape index (κ3) is 4.12. The van der Waals surface area contributed by atoms with E-state index in [-0.39, 0.29) is 18.7 Å². The number of aromatic nitrogens is 1. The van der Waals surface area contributed by atoms with Gasteiger partial charge in [0.2, 0.25) is 11.8 Å². The molecule has 6 nitrogen and oxygen atoms in total. The quantitative estimate of drug-likeness (QED) is 0.766. The number of carbonyl (C=O) groups is 2. The van der Waals surface area contributed by atoms with Crippen LogP contribution < -0.4 is 5.32 Å². The van der Waals surface area contributed by atoms with Crippen molar-refractivity contribution in [1.82, 2.24) is 10.3 Å². The van der Waals surface area contributed by atoms with Gasteiger partial charge in [0.05, 0.1) is 12.6 Å². The number of aliphatic carboxylic acids is 1. The molecule has 0 unspecified atom stereocenters. The van der Waals surface area contributed by atoms with Crippen LogP contribution in [0.2, 0.25) is 0 Å². The van der Waals surface area contributed by atoms with Gasteiger partial charge in [0.25, 0.3) is 0 Å². The van der Waals surface area contributed by atoms with Gasteiger partial charge < -0.3 is 14.8 Å².